The third-order valence-electron chi connectivity index (χ3n) is 1.45. The fraction of sp³-hybridized carbons (Fsp3) is 0.750. The van der Waals surface area contributed by atoms with Gasteiger partial charge in [-0.1, -0.05) is 26.2 Å². The summed E-state index contributed by atoms with van der Waals surface area (Å²) in [6, 6.07) is 0. The summed E-state index contributed by atoms with van der Waals surface area (Å²) in [6.07, 6.45) is 6.54. The van der Waals surface area contributed by atoms with Crippen molar-refractivity contribution >= 4 is 0 Å². The molecule has 0 heterocycles. The van der Waals surface area contributed by atoms with Gasteiger partial charge in [-0.15, -0.1) is 6.42 Å². The van der Waals surface area contributed by atoms with Gasteiger partial charge < -0.3 is 5.11 Å². The Hall–Kier alpha value is -0.480. The van der Waals surface area contributed by atoms with Crippen molar-refractivity contribution in [1.29, 1.82) is 0 Å². The summed E-state index contributed by atoms with van der Waals surface area (Å²) in [7, 11) is 0. The average molecular weight is 126 g/mol. The molecule has 9 heavy (non-hydrogen) atoms. The normalized spacial score (nSPS) is 16.2. The lowest BCUT2D eigenvalue weighted by molar-refractivity contribution is 0.165. The van der Waals surface area contributed by atoms with Crippen molar-refractivity contribution in [2.75, 3.05) is 0 Å². The molecule has 0 aromatic carbocycles. The molecule has 1 N–H and O–H groups in total. The summed E-state index contributed by atoms with van der Waals surface area (Å²) in [5.74, 6) is 2.56. The van der Waals surface area contributed by atoms with Crippen LogP contribution in [0.5, 0.6) is 0 Å². The number of hydrogen-bond donors (Lipinski definition) is 1. The lowest BCUT2D eigenvalue weighted by Crippen LogP contribution is -2.14. The minimum absolute atomic E-state index is 0.250. The van der Waals surface area contributed by atoms with E-state index in [0.29, 0.717) is 0 Å². The second-order valence-corrected chi connectivity index (χ2v) is 2.38. The van der Waals surface area contributed by atoms with Crippen LogP contribution in [0.1, 0.15) is 26.7 Å². The Labute approximate surface area is 57.1 Å². The molecular formula is C8H14O. The van der Waals surface area contributed by atoms with E-state index < -0.39 is 6.10 Å². The van der Waals surface area contributed by atoms with Gasteiger partial charge in [-0.3, -0.25) is 0 Å². The van der Waals surface area contributed by atoms with E-state index in [1.54, 1.807) is 0 Å². The minimum Gasteiger partial charge on any atom is -0.380 e. The lowest BCUT2D eigenvalue weighted by atomic mass is 10.0. The van der Waals surface area contributed by atoms with E-state index in [-0.39, 0.29) is 5.92 Å². The Balaban J connectivity index is 3.48. The van der Waals surface area contributed by atoms with Crippen LogP contribution in [0, 0.1) is 18.3 Å². The third-order valence-corrected chi connectivity index (χ3v) is 1.45. The van der Waals surface area contributed by atoms with Crippen LogP contribution in [0.4, 0.5) is 0 Å². The van der Waals surface area contributed by atoms with Crippen molar-refractivity contribution in [3.8, 4) is 12.3 Å². The highest BCUT2D eigenvalue weighted by molar-refractivity contribution is 4.95. The maximum atomic E-state index is 9.02. The van der Waals surface area contributed by atoms with Gasteiger partial charge in [0.25, 0.3) is 0 Å². The standard InChI is InChI=1S/C8H14O/c1-4-6-7(3)8(9)5-2/h2,7-9H,4,6H2,1,3H3/t7-,8+/m0/s1. The fourth-order valence-corrected chi connectivity index (χ4v) is 0.777. The molecule has 0 unspecified atom stereocenters. The first-order valence-electron chi connectivity index (χ1n) is 3.36. The molecule has 0 spiro atoms. The maximum absolute atomic E-state index is 9.02. The van der Waals surface area contributed by atoms with Gasteiger partial charge in [-0.05, 0) is 12.3 Å². The minimum atomic E-state index is -0.551. The molecular weight excluding hydrogens is 112 g/mol. The van der Waals surface area contributed by atoms with Gasteiger partial charge in [0.1, 0.15) is 6.10 Å². The van der Waals surface area contributed by atoms with Gasteiger partial charge >= 0.3 is 0 Å². The Kier molecular flexibility index (Phi) is 4.17. The van der Waals surface area contributed by atoms with Gasteiger partial charge in [0.05, 0.1) is 0 Å². The monoisotopic (exact) mass is 126 g/mol. The second kappa shape index (κ2) is 4.40. The summed E-state index contributed by atoms with van der Waals surface area (Å²) in [5, 5.41) is 9.02. The van der Waals surface area contributed by atoms with Crippen molar-refractivity contribution in [3.05, 3.63) is 0 Å². The molecule has 0 amide bonds. The molecule has 0 saturated heterocycles. The van der Waals surface area contributed by atoms with Crippen LogP contribution in [-0.2, 0) is 0 Å². The van der Waals surface area contributed by atoms with Crippen LogP contribution in [0.3, 0.4) is 0 Å². The van der Waals surface area contributed by atoms with Gasteiger partial charge in [-0.2, -0.15) is 0 Å². The van der Waals surface area contributed by atoms with Crippen molar-refractivity contribution < 1.29 is 5.11 Å². The van der Waals surface area contributed by atoms with Gasteiger partial charge in [0.15, 0.2) is 0 Å². The van der Waals surface area contributed by atoms with E-state index in [1.807, 2.05) is 6.92 Å². The summed E-state index contributed by atoms with van der Waals surface area (Å²) in [4.78, 5) is 0. The molecule has 0 fully saturated rings. The summed E-state index contributed by atoms with van der Waals surface area (Å²) < 4.78 is 0. The molecule has 0 aliphatic rings. The zero-order valence-corrected chi connectivity index (χ0v) is 6.09. The Morgan fingerprint density at radius 1 is 1.67 bits per heavy atom. The number of aliphatic hydroxyl groups is 1. The smallest absolute Gasteiger partial charge is 0.117 e. The predicted molar refractivity (Wildman–Crippen MR) is 38.9 cm³/mol. The predicted octanol–water partition coefficient (Wildman–Crippen LogP) is 1.42. The molecule has 0 aromatic rings. The van der Waals surface area contributed by atoms with Crippen LogP contribution >= 0.6 is 0 Å². The first-order valence-corrected chi connectivity index (χ1v) is 3.36. The quantitative estimate of drug-likeness (QED) is 0.567. The number of aliphatic hydroxyl groups excluding tert-OH is 1. The fourth-order valence-electron chi connectivity index (χ4n) is 0.777. The maximum Gasteiger partial charge on any atom is 0.117 e. The van der Waals surface area contributed by atoms with Gasteiger partial charge in [0.2, 0.25) is 0 Å². The largest absolute Gasteiger partial charge is 0.380 e. The summed E-state index contributed by atoms with van der Waals surface area (Å²) >= 11 is 0. The zero-order chi connectivity index (χ0) is 7.28. The summed E-state index contributed by atoms with van der Waals surface area (Å²) in [6.45, 7) is 4.05. The lowest BCUT2D eigenvalue weighted by Gasteiger charge is -2.10. The number of rotatable bonds is 3. The summed E-state index contributed by atoms with van der Waals surface area (Å²) in [5.41, 5.74) is 0. The molecule has 0 aliphatic heterocycles. The topological polar surface area (TPSA) is 20.2 Å². The highest BCUT2D eigenvalue weighted by Crippen LogP contribution is 2.08. The van der Waals surface area contributed by atoms with Crippen molar-refractivity contribution in [2.24, 2.45) is 5.92 Å². The molecule has 1 nitrogen and oxygen atoms in total. The van der Waals surface area contributed by atoms with Gasteiger partial charge in [0, 0.05) is 0 Å². The van der Waals surface area contributed by atoms with Crippen LogP contribution in [0.15, 0.2) is 0 Å². The molecule has 1 heteroatoms. The zero-order valence-electron chi connectivity index (χ0n) is 6.09. The van der Waals surface area contributed by atoms with E-state index >= 15 is 0 Å². The number of hydrogen-bond acceptors (Lipinski definition) is 1. The first-order chi connectivity index (χ1) is 4.22. The van der Waals surface area contributed by atoms with Crippen LogP contribution in [0.2, 0.25) is 0 Å². The molecule has 0 aromatic heterocycles. The van der Waals surface area contributed by atoms with Crippen LogP contribution in [-0.4, -0.2) is 11.2 Å². The first kappa shape index (κ1) is 8.52. The van der Waals surface area contributed by atoms with E-state index in [0.717, 1.165) is 12.8 Å². The Bertz CT molecular complexity index is 102. The van der Waals surface area contributed by atoms with Crippen LogP contribution < -0.4 is 0 Å². The molecule has 0 saturated carbocycles. The highest BCUT2D eigenvalue weighted by atomic mass is 16.3. The molecule has 0 aliphatic carbocycles. The number of terminal acetylenes is 1. The van der Waals surface area contributed by atoms with E-state index in [1.165, 1.54) is 0 Å². The van der Waals surface area contributed by atoms with E-state index in [4.69, 9.17) is 11.5 Å². The van der Waals surface area contributed by atoms with E-state index in [9.17, 15) is 0 Å². The molecule has 0 radical (unpaired) electrons. The van der Waals surface area contributed by atoms with Crippen molar-refractivity contribution in [1.82, 2.24) is 0 Å². The van der Waals surface area contributed by atoms with Crippen molar-refractivity contribution in [2.45, 2.75) is 32.8 Å². The van der Waals surface area contributed by atoms with Crippen molar-refractivity contribution in [3.63, 3.8) is 0 Å². The molecule has 0 rings (SSSR count). The van der Waals surface area contributed by atoms with Crippen LogP contribution in [0.25, 0.3) is 0 Å². The molecule has 2 atom stereocenters. The molecule has 52 valence electrons. The Morgan fingerprint density at radius 2 is 2.22 bits per heavy atom. The second-order valence-electron chi connectivity index (χ2n) is 2.38. The van der Waals surface area contributed by atoms with E-state index in [2.05, 4.69) is 12.8 Å². The molecule has 0 bridgehead atoms. The third kappa shape index (κ3) is 3.16. The highest BCUT2D eigenvalue weighted by Gasteiger charge is 2.08. The Morgan fingerprint density at radius 3 is 2.56 bits per heavy atom. The SMILES string of the molecule is C#C[C@@H](O)[C@@H](C)CCC. The average Bonchev–Trinajstić information content (AvgIpc) is 1.87. The van der Waals surface area contributed by atoms with Gasteiger partial charge in [-0.25, -0.2) is 0 Å².